The SMILES string of the molecule is Cl.Cl.c1ccc(Cc2nc(CNc3ncnc4c3CCNCC4)no2)cc1. The molecule has 0 fully saturated rings. The van der Waals surface area contributed by atoms with E-state index in [9.17, 15) is 0 Å². The average Bonchev–Trinajstić information content (AvgIpc) is 2.94. The fraction of sp³-hybridized carbons (Fsp3) is 0.333. The Bertz CT molecular complexity index is 843. The fourth-order valence-electron chi connectivity index (χ4n) is 2.99. The third-order valence-electron chi connectivity index (χ3n) is 4.25. The highest BCUT2D eigenvalue weighted by molar-refractivity contribution is 5.85. The number of rotatable bonds is 5. The van der Waals surface area contributed by atoms with Gasteiger partial charge >= 0.3 is 0 Å². The Labute approximate surface area is 170 Å². The standard InChI is InChI=1S/C18H20N6O.2ClH/c1-2-4-13(5-3-1)10-17-23-16(24-25-17)11-20-18-14-6-8-19-9-7-15(14)21-12-22-18;;/h1-5,12,19H,6-11H2,(H,20,21,22);2*1H. The Morgan fingerprint density at radius 2 is 1.85 bits per heavy atom. The van der Waals surface area contributed by atoms with Crippen LogP contribution >= 0.6 is 24.8 Å². The predicted molar refractivity (Wildman–Crippen MR) is 108 cm³/mol. The lowest BCUT2D eigenvalue weighted by Crippen LogP contribution is -2.16. The molecule has 0 saturated heterocycles. The molecule has 0 radical (unpaired) electrons. The van der Waals surface area contributed by atoms with Crippen molar-refractivity contribution >= 4 is 30.6 Å². The summed E-state index contributed by atoms with van der Waals surface area (Å²) in [5, 5.41) is 10.8. The van der Waals surface area contributed by atoms with E-state index in [4.69, 9.17) is 4.52 Å². The number of fused-ring (bicyclic) bond motifs is 1. The van der Waals surface area contributed by atoms with Gasteiger partial charge in [0.05, 0.1) is 18.7 Å². The van der Waals surface area contributed by atoms with Gasteiger partial charge in [0.25, 0.3) is 0 Å². The van der Waals surface area contributed by atoms with Crippen molar-refractivity contribution < 1.29 is 4.52 Å². The molecular formula is C18H22Cl2N6O. The van der Waals surface area contributed by atoms with Gasteiger partial charge in [-0.15, -0.1) is 24.8 Å². The van der Waals surface area contributed by atoms with E-state index in [0.717, 1.165) is 43.0 Å². The van der Waals surface area contributed by atoms with Crippen molar-refractivity contribution in [1.29, 1.82) is 0 Å². The number of halogens is 2. The molecule has 2 aromatic heterocycles. The number of hydrogen-bond acceptors (Lipinski definition) is 7. The summed E-state index contributed by atoms with van der Waals surface area (Å²) in [4.78, 5) is 13.2. The van der Waals surface area contributed by atoms with Crippen LogP contribution in [0.4, 0.5) is 5.82 Å². The number of aromatic nitrogens is 4. The van der Waals surface area contributed by atoms with Gasteiger partial charge in [0.2, 0.25) is 5.89 Å². The molecule has 27 heavy (non-hydrogen) atoms. The van der Waals surface area contributed by atoms with Crippen molar-refractivity contribution in [2.24, 2.45) is 0 Å². The summed E-state index contributed by atoms with van der Waals surface area (Å²) in [6, 6.07) is 10.1. The Hall–Kier alpha value is -2.22. The van der Waals surface area contributed by atoms with Gasteiger partial charge in [-0.3, -0.25) is 0 Å². The van der Waals surface area contributed by atoms with Gasteiger partial charge < -0.3 is 15.2 Å². The monoisotopic (exact) mass is 408 g/mol. The molecule has 1 aromatic carbocycles. The molecule has 0 spiro atoms. The predicted octanol–water partition coefficient (Wildman–Crippen LogP) is 2.59. The van der Waals surface area contributed by atoms with Crippen molar-refractivity contribution in [3.05, 3.63) is 65.2 Å². The number of nitrogens with one attached hydrogen (secondary N) is 2. The fourth-order valence-corrected chi connectivity index (χ4v) is 2.99. The molecule has 7 nitrogen and oxygen atoms in total. The van der Waals surface area contributed by atoms with Crippen LogP contribution in [0.2, 0.25) is 0 Å². The minimum Gasteiger partial charge on any atom is -0.362 e. The normalized spacial score (nSPS) is 12.9. The number of hydrogen-bond donors (Lipinski definition) is 2. The van der Waals surface area contributed by atoms with Crippen LogP contribution in [0.3, 0.4) is 0 Å². The van der Waals surface area contributed by atoms with Crippen LogP contribution in [0.5, 0.6) is 0 Å². The van der Waals surface area contributed by atoms with Crippen LogP contribution in [-0.4, -0.2) is 33.2 Å². The van der Waals surface area contributed by atoms with Gasteiger partial charge in [-0.2, -0.15) is 4.98 Å². The molecular weight excluding hydrogens is 387 g/mol. The molecule has 0 aliphatic carbocycles. The van der Waals surface area contributed by atoms with Gasteiger partial charge in [-0.25, -0.2) is 9.97 Å². The summed E-state index contributed by atoms with van der Waals surface area (Å²) in [5.74, 6) is 2.11. The van der Waals surface area contributed by atoms with Crippen LogP contribution in [-0.2, 0) is 25.8 Å². The second-order valence-corrected chi connectivity index (χ2v) is 6.02. The van der Waals surface area contributed by atoms with Crippen molar-refractivity contribution in [2.75, 3.05) is 18.4 Å². The van der Waals surface area contributed by atoms with Crippen molar-refractivity contribution in [1.82, 2.24) is 25.4 Å². The van der Waals surface area contributed by atoms with Gasteiger partial charge in [-0.05, 0) is 18.5 Å². The second kappa shape index (κ2) is 10.2. The first kappa shape index (κ1) is 21.1. The number of nitrogens with zero attached hydrogens (tertiary/aromatic N) is 4. The molecule has 9 heteroatoms. The summed E-state index contributed by atoms with van der Waals surface area (Å²) in [6.07, 6.45) is 4.10. The highest BCUT2D eigenvalue weighted by atomic mass is 35.5. The van der Waals surface area contributed by atoms with E-state index in [1.807, 2.05) is 30.3 Å². The van der Waals surface area contributed by atoms with Crippen LogP contribution in [0.25, 0.3) is 0 Å². The molecule has 0 saturated carbocycles. The molecule has 0 bridgehead atoms. The van der Waals surface area contributed by atoms with E-state index in [0.29, 0.717) is 24.7 Å². The van der Waals surface area contributed by atoms with E-state index in [1.165, 1.54) is 5.56 Å². The molecule has 0 atom stereocenters. The minimum absolute atomic E-state index is 0. The van der Waals surface area contributed by atoms with Crippen LogP contribution in [0.1, 0.15) is 28.5 Å². The molecule has 3 heterocycles. The van der Waals surface area contributed by atoms with Gasteiger partial charge in [0, 0.05) is 18.5 Å². The van der Waals surface area contributed by atoms with Crippen molar-refractivity contribution in [3.63, 3.8) is 0 Å². The van der Waals surface area contributed by atoms with Gasteiger partial charge in [0.15, 0.2) is 5.82 Å². The Morgan fingerprint density at radius 3 is 2.70 bits per heavy atom. The zero-order valence-electron chi connectivity index (χ0n) is 14.7. The molecule has 2 N–H and O–H groups in total. The summed E-state index contributed by atoms with van der Waals surface area (Å²) >= 11 is 0. The molecule has 3 aromatic rings. The van der Waals surface area contributed by atoms with Gasteiger partial charge in [0.1, 0.15) is 12.1 Å². The lowest BCUT2D eigenvalue weighted by atomic mass is 10.1. The van der Waals surface area contributed by atoms with Crippen LogP contribution in [0.15, 0.2) is 41.2 Å². The lowest BCUT2D eigenvalue weighted by molar-refractivity contribution is 0.380. The van der Waals surface area contributed by atoms with E-state index in [2.05, 4.69) is 30.7 Å². The largest absolute Gasteiger partial charge is 0.362 e. The first-order valence-electron chi connectivity index (χ1n) is 8.51. The summed E-state index contributed by atoms with van der Waals surface area (Å²) in [7, 11) is 0. The zero-order valence-corrected chi connectivity index (χ0v) is 16.4. The highest BCUT2D eigenvalue weighted by Crippen LogP contribution is 2.18. The van der Waals surface area contributed by atoms with Crippen LogP contribution in [0, 0.1) is 0 Å². The molecule has 4 rings (SSSR count). The van der Waals surface area contributed by atoms with E-state index in [1.54, 1.807) is 6.33 Å². The maximum Gasteiger partial charge on any atom is 0.231 e. The number of benzene rings is 1. The molecule has 1 aliphatic heterocycles. The molecule has 144 valence electrons. The Balaban J connectivity index is 0.00000131. The third kappa shape index (κ3) is 5.38. The molecule has 1 aliphatic rings. The van der Waals surface area contributed by atoms with Gasteiger partial charge in [-0.1, -0.05) is 35.5 Å². The maximum absolute atomic E-state index is 5.35. The van der Waals surface area contributed by atoms with E-state index < -0.39 is 0 Å². The quantitative estimate of drug-likeness (QED) is 0.670. The molecule has 0 amide bonds. The number of anilines is 1. The Morgan fingerprint density at radius 1 is 1.04 bits per heavy atom. The highest BCUT2D eigenvalue weighted by Gasteiger charge is 2.15. The topological polar surface area (TPSA) is 88.8 Å². The second-order valence-electron chi connectivity index (χ2n) is 6.02. The molecule has 0 unspecified atom stereocenters. The summed E-state index contributed by atoms with van der Waals surface area (Å²) in [5.41, 5.74) is 3.44. The lowest BCUT2D eigenvalue weighted by Gasteiger charge is -2.10. The Kier molecular flexibility index (Phi) is 7.97. The summed E-state index contributed by atoms with van der Waals surface area (Å²) < 4.78 is 5.35. The first-order valence-corrected chi connectivity index (χ1v) is 8.51. The van der Waals surface area contributed by atoms with Crippen molar-refractivity contribution in [2.45, 2.75) is 25.8 Å². The average molecular weight is 409 g/mol. The smallest absolute Gasteiger partial charge is 0.231 e. The minimum atomic E-state index is 0. The van der Waals surface area contributed by atoms with Crippen LogP contribution < -0.4 is 10.6 Å². The van der Waals surface area contributed by atoms with Crippen molar-refractivity contribution in [3.8, 4) is 0 Å². The third-order valence-corrected chi connectivity index (χ3v) is 4.25. The maximum atomic E-state index is 5.35. The zero-order chi connectivity index (χ0) is 16.9. The van der Waals surface area contributed by atoms with E-state index in [-0.39, 0.29) is 24.8 Å². The summed E-state index contributed by atoms with van der Waals surface area (Å²) in [6.45, 7) is 2.38. The van der Waals surface area contributed by atoms with E-state index >= 15 is 0 Å². The first-order chi connectivity index (χ1) is 12.4.